The fraction of sp³-hybridized carbons (Fsp3) is 0.0137. The maximum absolute atomic E-state index is 2.54. The van der Waals surface area contributed by atoms with Crippen molar-refractivity contribution in [2.75, 3.05) is 4.90 Å². The highest BCUT2D eigenvalue weighted by molar-refractivity contribution is 6.14. The van der Waals surface area contributed by atoms with Gasteiger partial charge >= 0.3 is 0 Å². The van der Waals surface area contributed by atoms with E-state index in [1.807, 2.05) is 0 Å². The van der Waals surface area contributed by atoms with E-state index in [0.717, 1.165) is 39.4 Å². The molecular formula is C73H47N3. The fourth-order valence-electron chi connectivity index (χ4n) is 13.3. The van der Waals surface area contributed by atoms with Crippen molar-refractivity contribution >= 4 is 60.7 Å². The van der Waals surface area contributed by atoms with Crippen LogP contribution in [0.25, 0.3) is 99.5 Å². The van der Waals surface area contributed by atoms with Crippen molar-refractivity contribution < 1.29 is 0 Å². The molecule has 3 nitrogen and oxygen atoms in total. The summed E-state index contributed by atoms with van der Waals surface area (Å²) in [4.78, 5) is 2.46. The average Bonchev–Trinajstić information content (AvgIpc) is 4.27. The number of aromatic nitrogens is 2. The Labute approximate surface area is 441 Å². The van der Waals surface area contributed by atoms with Gasteiger partial charge in [0.05, 0.1) is 38.9 Å². The second-order valence-electron chi connectivity index (χ2n) is 20.4. The zero-order valence-electron chi connectivity index (χ0n) is 41.5. The maximum atomic E-state index is 2.54. The molecular weight excluding hydrogens is 919 g/mol. The van der Waals surface area contributed by atoms with E-state index in [9.17, 15) is 0 Å². The van der Waals surface area contributed by atoms with E-state index in [1.165, 1.54) is 99.4 Å². The van der Waals surface area contributed by atoms with E-state index in [1.54, 1.807) is 0 Å². The van der Waals surface area contributed by atoms with E-state index in [4.69, 9.17) is 0 Å². The topological polar surface area (TPSA) is 13.1 Å². The van der Waals surface area contributed by atoms with Crippen molar-refractivity contribution in [3.05, 3.63) is 307 Å². The van der Waals surface area contributed by atoms with Crippen molar-refractivity contribution in [1.29, 1.82) is 0 Å². The predicted molar refractivity (Wildman–Crippen MR) is 317 cm³/mol. The molecule has 0 fully saturated rings. The van der Waals surface area contributed by atoms with Crippen LogP contribution in [0.5, 0.6) is 0 Å². The van der Waals surface area contributed by atoms with E-state index < -0.39 is 5.41 Å². The number of anilines is 3. The zero-order chi connectivity index (χ0) is 49.9. The first-order valence-electron chi connectivity index (χ1n) is 26.3. The average molecular weight is 966 g/mol. The number of rotatable bonds is 7. The fourth-order valence-corrected chi connectivity index (χ4v) is 13.3. The third-order valence-corrected chi connectivity index (χ3v) is 16.5. The van der Waals surface area contributed by atoms with Crippen LogP contribution >= 0.6 is 0 Å². The van der Waals surface area contributed by atoms with Gasteiger partial charge in [-0.3, -0.25) is 0 Å². The molecule has 0 atom stereocenters. The van der Waals surface area contributed by atoms with Crippen molar-refractivity contribution in [3.8, 4) is 55.9 Å². The summed E-state index contributed by atoms with van der Waals surface area (Å²) < 4.78 is 4.92. The molecule has 0 unspecified atom stereocenters. The largest absolute Gasteiger partial charge is 0.310 e. The summed E-state index contributed by atoms with van der Waals surface area (Å²) in [6.45, 7) is 0. The molecule has 12 aromatic carbocycles. The minimum atomic E-state index is -0.469. The standard InChI is InChI=1S/C73H47N3/c1-2-18-48(19-3-1)51-20-16-21-52(46-51)56-22-6-12-32-67(56)74(53-40-36-49(37-41-53)50-38-42-54(43-39-50)75-68-33-13-7-25-59(68)60-26-8-14-34-69(60)75)55-44-45-70-62(47-55)61-27-17-31-66-72(61)76(70)71-35-15-11-30-65(71)73(66)63-28-9-4-23-57(63)58-24-5-10-29-64(58)73/h1-47H. The van der Waals surface area contributed by atoms with Crippen LogP contribution < -0.4 is 4.90 Å². The van der Waals surface area contributed by atoms with Crippen molar-refractivity contribution in [1.82, 2.24) is 9.13 Å². The van der Waals surface area contributed by atoms with Crippen LogP contribution in [0.1, 0.15) is 22.3 Å². The number of hydrogen-bond donors (Lipinski definition) is 0. The Morgan fingerprint density at radius 2 is 0.776 bits per heavy atom. The number of benzene rings is 12. The van der Waals surface area contributed by atoms with Gasteiger partial charge in [0.1, 0.15) is 0 Å². The van der Waals surface area contributed by atoms with Crippen LogP contribution in [0.2, 0.25) is 0 Å². The molecule has 0 N–H and O–H groups in total. The molecule has 76 heavy (non-hydrogen) atoms. The lowest BCUT2D eigenvalue weighted by Gasteiger charge is -2.39. The summed E-state index contributed by atoms with van der Waals surface area (Å²) in [5, 5.41) is 4.99. The minimum absolute atomic E-state index is 0.469. The molecule has 2 aliphatic rings. The molecule has 16 rings (SSSR count). The van der Waals surface area contributed by atoms with Gasteiger partial charge in [-0.2, -0.15) is 0 Å². The van der Waals surface area contributed by atoms with Crippen LogP contribution in [0.4, 0.5) is 17.1 Å². The molecule has 0 saturated carbocycles. The SMILES string of the molecule is c1ccc(-c2cccc(-c3ccccc3N(c3ccc(-c4ccc(-n5c6ccccc6c6ccccc65)cc4)cc3)c3ccc4c(c3)c3cccc5c3n4-c3ccccc3C53c4ccccc4-c4ccccc43)c2)cc1. The van der Waals surface area contributed by atoms with Crippen LogP contribution in [0.15, 0.2) is 285 Å². The molecule has 2 aromatic heterocycles. The summed E-state index contributed by atoms with van der Waals surface area (Å²) >= 11 is 0. The van der Waals surface area contributed by atoms with Gasteiger partial charge in [-0.25, -0.2) is 0 Å². The molecule has 0 bridgehead atoms. The Kier molecular flexibility index (Phi) is 9.25. The summed E-state index contributed by atoms with van der Waals surface area (Å²) in [6, 6.07) is 106. The second-order valence-corrected chi connectivity index (χ2v) is 20.4. The van der Waals surface area contributed by atoms with Crippen LogP contribution in [0, 0.1) is 0 Å². The molecule has 1 spiro atoms. The summed E-state index contributed by atoms with van der Waals surface area (Å²) in [7, 11) is 0. The quantitative estimate of drug-likeness (QED) is 0.155. The van der Waals surface area contributed by atoms with Gasteiger partial charge in [0, 0.05) is 44.2 Å². The first-order chi connectivity index (χ1) is 37.7. The lowest BCUT2D eigenvalue weighted by molar-refractivity contribution is 0.748. The van der Waals surface area contributed by atoms with E-state index in [2.05, 4.69) is 299 Å². The first kappa shape index (κ1) is 42.5. The number of nitrogens with zero attached hydrogens (tertiary/aromatic N) is 3. The molecule has 1 aliphatic heterocycles. The Morgan fingerprint density at radius 3 is 1.50 bits per heavy atom. The van der Waals surface area contributed by atoms with Gasteiger partial charge < -0.3 is 14.0 Å². The molecule has 354 valence electrons. The Balaban J connectivity index is 0.871. The van der Waals surface area contributed by atoms with E-state index in [0.29, 0.717) is 0 Å². The van der Waals surface area contributed by atoms with Gasteiger partial charge in [-0.1, -0.05) is 212 Å². The van der Waals surface area contributed by atoms with E-state index in [-0.39, 0.29) is 0 Å². The van der Waals surface area contributed by atoms with Crippen molar-refractivity contribution in [2.45, 2.75) is 5.41 Å². The third kappa shape index (κ3) is 6.05. The second kappa shape index (κ2) is 16.5. The Hall–Kier alpha value is -9.96. The molecule has 0 saturated heterocycles. The summed E-state index contributed by atoms with van der Waals surface area (Å²) in [5.41, 5.74) is 25.0. The van der Waals surface area contributed by atoms with Crippen LogP contribution in [-0.4, -0.2) is 9.13 Å². The lowest BCUT2D eigenvalue weighted by atomic mass is 9.65. The van der Waals surface area contributed by atoms with E-state index >= 15 is 0 Å². The first-order valence-corrected chi connectivity index (χ1v) is 26.3. The predicted octanol–water partition coefficient (Wildman–Crippen LogP) is 19.0. The summed E-state index contributed by atoms with van der Waals surface area (Å²) in [6.07, 6.45) is 0. The summed E-state index contributed by atoms with van der Waals surface area (Å²) in [5.74, 6) is 0. The highest BCUT2D eigenvalue weighted by Crippen LogP contribution is 2.61. The van der Waals surface area contributed by atoms with Gasteiger partial charge in [0.25, 0.3) is 0 Å². The van der Waals surface area contributed by atoms with Gasteiger partial charge in [0.15, 0.2) is 0 Å². The Bertz CT molecular complexity index is 4530. The van der Waals surface area contributed by atoms with Crippen molar-refractivity contribution in [2.24, 2.45) is 0 Å². The molecule has 0 amide bonds. The number of para-hydroxylation sites is 5. The Morgan fingerprint density at radius 1 is 0.276 bits per heavy atom. The maximum Gasteiger partial charge on any atom is 0.0754 e. The zero-order valence-corrected chi connectivity index (χ0v) is 41.5. The molecule has 0 radical (unpaired) electrons. The molecule has 1 aliphatic carbocycles. The third-order valence-electron chi connectivity index (χ3n) is 16.5. The normalized spacial score (nSPS) is 12.8. The smallest absolute Gasteiger partial charge is 0.0754 e. The van der Waals surface area contributed by atoms with Gasteiger partial charge in [-0.15, -0.1) is 0 Å². The monoisotopic (exact) mass is 965 g/mol. The highest BCUT2D eigenvalue weighted by Gasteiger charge is 2.50. The van der Waals surface area contributed by atoms with Gasteiger partial charge in [-0.05, 0) is 134 Å². The minimum Gasteiger partial charge on any atom is -0.310 e. The highest BCUT2D eigenvalue weighted by atomic mass is 15.1. The number of fused-ring (bicyclic) bond motifs is 15. The van der Waals surface area contributed by atoms with Crippen LogP contribution in [0.3, 0.4) is 0 Å². The van der Waals surface area contributed by atoms with Crippen LogP contribution in [-0.2, 0) is 5.41 Å². The van der Waals surface area contributed by atoms with Crippen molar-refractivity contribution in [3.63, 3.8) is 0 Å². The molecule has 3 heterocycles. The number of hydrogen-bond acceptors (Lipinski definition) is 1. The van der Waals surface area contributed by atoms with Gasteiger partial charge in [0.2, 0.25) is 0 Å². The lowest BCUT2D eigenvalue weighted by Crippen LogP contribution is -2.33. The molecule has 3 heteroatoms. The molecule has 14 aromatic rings.